The average Bonchev–Trinajstić information content (AvgIpc) is 3.06. The molecular formula is C17H17N5. The van der Waals surface area contributed by atoms with Gasteiger partial charge in [-0.25, -0.2) is 9.97 Å². The van der Waals surface area contributed by atoms with Crippen LogP contribution in [-0.2, 0) is 0 Å². The summed E-state index contributed by atoms with van der Waals surface area (Å²) in [6.07, 6.45) is 5.61. The number of hydrogen-bond acceptors (Lipinski definition) is 3. The molecule has 0 aliphatic rings. The van der Waals surface area contributed by atoms with Crippen molar-refractivity contribution < 1.29 is 0 Å². The number of aromatic amines is 1. The van der Waals surface area contributed by atoms with Crippen LogP contribution in [-0.4, -0.2) is 24.5 Å². The number of imidazole rings is 1. The molecule has 1 N–H and O–H groups in total. The van der Waals surface area contributed by atoms with E-state index in [2.05, 4.69) is 50.5 Å². The Bertz CT molecular complexity index is 977. The number of fused-ring (bicyclic) bond motifs is 2. The highest BCUT2D eigenvalue weighted by molar-refractivity contribution is 5.94. The fourth-order valence-corrected chi connectivity index (χ4v) is 3.09. The van der Waals surface area contributed by atoms with Crippen molar-refractivity contribution in [2.24, 2.45) is 0 Å². The summed E-state index contributed by atoms with van der Waals surface area (Å²) in [5.74, 6) is 1.02. The van der Waals surface area contributed by atoms with Crippen LogP contribution in [0.4, 0.5) is 0 Å². The molecule has 0 fully saturated rings. The molecule has 5 nitrogen and oxygen atoms in total. The Balaban J connectivity index is 1.98. The van der Waals surface area contributed by atoms with Crippen LogP contribution in [0.15, 0.2) is 36.8 Å². The van der Waals surface area contributed by atoms with Gasteiger partial charge in [0.1, 0.15) is 17.0 Å². The van der Waals surface area contributed by atoms with E-state index in [0.717, 1.165) is 39.1 Å². The molecule has 0 aromatic carbocycles. The molecule has 5 heteroatoms. The first-order valence-electron chi connectivity index (χ1n) is 7.42. The minimum atomic E-state index is 0.366. The first-order valence-corrected chi connectivity index (χ1v) is 7.42. The van der Waals surface area contributed by atoms with Crippen molar-refractivity contribution in [3.8, 4) is 11.3 Å². The van der Waals surface area contributed by atoms with Crippen LogP contribution in [0.2, 0.25) is 0 Å². The normalized spacial score (nSPS) is 11.8. The van der Waals surface area contributed by atoms with Crippen LogP contribution in [0.5, 0.6) is 0 Å². The van der Waals surface area contributed by atoms with Gasteiger partial charge in [-0.15, -0.1) is 0 Å². The van der Waals surface area contributed by atoms with Gasteiger partial charge >= 0.3 is 0 Å². The molecular weight excluding hydrogens is 274 g/mol. The molecule has 0 unspecified atom stereocenters. The van der Waals surface area contributed by atoms with Crippen LogP contribution in [0.3, 0.4) is 0 Å². The Morgan fingerprint density at radius 3 is 2.91 bits per heavy atom. The van der Waals surface area contributed by atoms with Crippen LogP contribution in [0.25, 0.3) is 33.3 Å². The Morgan fingerprint density at radius 1 is 1.23 bits per heavy atom. The molecule has 0 bridgehead atoms. The van der Waals surface area contributed by atoms with Crippen molar-refractivity contribution in [3.63, 3.8) is 0 Å². The maximum atomic E-state index is 4.60. The molecule has 110 valence electrons. The second kappa shape index (κ2) is 4.66. The Kier molecular flexibility index (Phi) is 2.76. The van der Waals surface area contributed by atoms with E-state index in [1.165, 1.54) is 0 Å². The lowest BCUT2D eigenvalue weighted by molar-refractivity contribution is 0.600. The third-order valence-corrected chi connectivity index (χ3v) is 4.00. The molecule has 0 aliphatic heterocycles. The summed E-state index contributed by atoms with van der Waals surface area (Å²) in [5, 5.41) is 1.08. The first kappa shape index (κ1) is 13.0. The van der Waals surface area contributed by atoms with E-state index < -0.39 is 0 Å². The smallest absolute Gasteiger partial charge is 0.137 e. The van der Waals surface area contributed by atoms with Gasteiger partial charge in [0.15, 0.2) is 0 Å². The number of nitrogens with one attached hydrogen (secondary N) is 1. The second-order valence-electron chi connectivity index (χ2n) is 5.78. The lowest BCUT2D eigenvalue weighted by Crippen LogP contribution is -2.02. The summed E-state index contributed by atoms with van der Waals surface area (Å²) in [5.41, 5.74) is 4.95. The molecule has 0 atom stereocenters. The van der Waals surface area contributed by atoms with Gasteiger partial charge in [-0.3, -0.25) is 4.98 Å². The average molecular weight is 291 g/mol. The van der Waals surface area contributed by atoms with E-state index in [0.29, 0.717) is 6.04 Å². The number of H-pyrrole nitrogens is 1. The van der Waals surface area contributed by atoms with Crippen molar-refractivity contribution in [2.75, 3.05) is 0 Å². The molecule has 0 spiro atoms. The summed E-state index contributed by atoms with van der Waals surface area (Å²) < 4.78 is 2.24. The van der Waals surface area contributed by atoms with Gasteiger partial charge in [0.25, 0.3) is 0 Å². The fourth-order valence-electron chi connectivity index (χ4n) is 3.09. The molecule has 4 rings (SSSR count). The van der Waals surface area contributed by atoms with Crippen LogP contribution in [0.1, 0.15) is 25.7 Å². The van der Waals surface area contributed by atoms with Gasteiger partial charge in [0, 0.05) is 29.4 Å². The fraction of sp³-hybridized carbons (Fsp3) is 0.235. The van der Waals surface area contributed by atoms with Crippen molar-refractivity contribution in [1.82, 2.24) is 24.5 Å². The second-order valence-corrected chi connectivity index (χ2v) is 5.78. The van der Waals surface area contributed by atoms with E-state index in [1.54, 1.807) is 6.20 Å². The van der Waals surface area contributed by atoms with Crippen molar-refractivity contribution in [2.45, 2.75) is 26.8 Å². The van der Waals surface area contributed by atoms with Gasteiger partial charge in [0.05, 0.1) is 17.4 Å². The molecule has 0 saturated heterocycles. The third-order valence-electron chi connectivity index (χ3n) is 4.00. The molecule has 0 aliphatic carbocycles. The SMILES string of the molecule is Cc1nc2cnc(-c3c[nH]c4ncccc34)cc2n1C(C)C. The number of pyridine rings is 2. The molecule has 4 aromatic rings. The monoisotopic (exact) mass is 291 g/mol. The predicted octanol–water partition coefficient (Wildman–Crippen LogP) is 3.86. The topological polar surface area (TPSA) is 59.4 Å². The molecule has 4 aromatic heterocycles. The molecule has 0 radical (unpaired) electrons. The standard InChI is InChI=1S/C17H17N5/c1-10(2)22-11(3)21-15-9-19-14(7-16(15)22)13-8-20-17-12(13)5-4-6-18-17/h4-10H,1-3H3,(H,18,20). The number of hydrogen-bond donors (Lipinski definition) is 1. The van der Waals surface area contributed by atoms with E-state index >= 15 is 0 Å². The summed E-state index contributed by atoms with van der Waals surface area (Å²) in [6, 6.07) is 6.49. The summed E-state index contributed by atoms with van der Waals surface area (Å²) in [6.45, 7) is 6.38. The zero-order valence-electron chi connectivity index (χ0n) is 12.8. The minimum Gasteiger partial charge on any atom is -0.345 e. The quantitative estimate of drug-likeness (QED) is 0.610. The van der Waals surface area contributed by atoms with Crippen molar-refractivity contribution >= 4 is 22.1 Å². The summed E-state index contributed by atoms with van der Waals surface area (Å²) >= 11 is 0. The molecule has 0 amide bonds. The third kappa shape index (κ3) is 1.82. The maximum absolute atomic E-state index is 4.60. The largest absolute Gasteiger partial charge is 0.345 e. The zero-order valence-corrected chi connectivity index (χ0v) is 12.8. The lowest BCUT2D eigenvalue weighted by atomic mass is 10.1. The van der Waals surface area contributed by atoms with Gasteiger partial charge in [-0.2, -0.15) is 0 Å². The van der Waals surface area contributed by atoms with Crippen LogP contribution >= 0.6 is 0 Å². The van der Waals surface area contributed by atoms with Gasteiger partial charge < -0.3 is 9.55 Å². The predicted molar refractivity (Wildman–Crippen MR) is 87.7 cm³/mol. The van der Waals surface area contributed by atoms with Gasteiger partial charge in [-0.1, -0.05) is 0 Å². The molecule has 4 heterocycles. The van der Waals surface area contributed by atoms with Crippen LogP contribution < -0.4 is 0 Å². The highest BCUT2D eigenvalue weighted by atomic mass is 15.1. The number of rotatable bonds is 2. The van der Waals surface area contributed by atoms with E-state index in [-0.39, 0.29) is 0 Å². The first-order chi connectivity index (χ1) is 10.6. The Hall–Kier alpha value is -2.69. The van der Waals surface area contributed by atoms with E-state index in [9.17, 15) is 0 Å². The van der Waals surface area contributed by atoms with Crippen LogP contribution in [0, 0.1) is 6.92 Å². The zero-order chi connectivity index (χ0) is 15.3. The lowest BCUT2D eigenvalue weighted by Gasteiger charge is -2.11. The summed E-state index contributed by atoms with van der Waals surface area (Å²) in [7, 11) is 0. The van der Waals surface area contributed by atoms with Crippen molar-refractivity contribution in [3.05, 3.63) is 42.6 Å². The highest BCUT2D eigenvalue weighted by Crippen LogP contribution is 2.29. The minimum absolute atomic E-state index is 0.366. The summed E-state index contributed by atoms with van der Waals surface area (Å²) in [4.78, 5) is 16.7. The van der Waals surface area contributed by atoms with E-state index in [1.807, 2.05) is 25.4 Å². The number of nitrogens with zero attached hydrogens (tertiary/aromatic N) is 4. The Morgan fingerprint density at radius 2 is 2.09 bits per heavy atom. The van der Waals surface area contributed by atoms with Gasteiger partial charge in [0.2, 0.25) is 0 Å². The number of aromatic nitrogens is 5. The van der Waals surface area contributed by atoms with Gasteiger partial charge in [-0.05, 0) is 39.0 Å². The molecule has 22 heavy (non-hydrogen) atoms. The highest BCUT2D eigenvalue weighted by Gasteiger charge is 2.14. The Labute approximate surface area is 128 Å². The van der Waals surface area contributed by atoms with E-state index in [4.69, 9.17) is 0 Å². The maximum Gasteiger partial charge on any atom is 0.137 e. The molecule has 0 saturated carbocycles. The number of aryl methyl sites for hydroxylation is 1. The van der Waals surface area contributed by atoms with Crippen molar-refractivity contribution in [1.29, 1.82) is 0 Å².